The number of hydrogen-bond donors (Lipinski definition) is 2. The Bertz CT molecular complexity index is 495. The largest absolute Gasteiger partial charge is 0.394 e. The van der Waals surface area contributed by atoms with E-state index in [1.165, 1.54) is 0 Å². The number of carbonyl (C=O) groups is 1. The van der Waals surface area contributed by atoms with Gasteiger partial charge in [-0.15, -0.1) is 0 Å². The maximum Gasteiger partial charge on any atom is 0.322 e. The first-order chi connectivity index (χ1) is 9.51. The van der Waals surface area contributed by atoms with Gasteiger partial charge in [0.2, 0.25) is 0 Å². The lowest BCUT2D eigenvalue weighted by Crippen LogP contribution is -2.53. The van der Waals surface area contributed by atoms with Crippen LogP contribution < -0.4 is 5.32 Å². The second-order valence-corrected chi connectivity index (χ2v) is 5.44. The first-order valence-electron chi connectivity index (χ1n) is 6.57. The Morgan fingerprint density at radius 1 is 1.60 bits per heavy atom. The van der Waals surface area contributed by atoms with E-state index < -0.39 is 0 Å². The minimum atomic E-state index is -0.321. The van der Waals surface area contributed by atoms with Crippen molar-refractivity contribution >= 4 is 23.3 Å². The van der Waals surface area contributed by atoms with Gasteiger partial charge in [-0.1, -0.05) is 17.7 Å². The van der Waals surface area contributed by atoms with Crippen LogP contribution in [0.2, 0.25) is 5.02 Å². The molecule has 0 aromatic heterocycles. The van der Waals surface area contributed by atoms with E-state index in [0.717, 1.165) is 5.56 Å². The molecule has 2 amide bonds. The third kappa shape index (κ3) is 3.42. The van der Waals surface area contributed by atoms with E-state index in [1.54, 1.807) is 11.0 Å². The van der Waals surface area contributed by atoms with E-state index in [1.807, 2.05) is 26.0 Å². The van der Waals surface area contributed by atoms with Crippen LogP contribution in [0.5, 0.6) is 0 Å². The molecule has 20 heavy (non-hydrogen) atoms. The molecule has 0 spiro atoms. The Labute approximate surface area is 123 Å². The number of nitrogens with one attached hydrogen (secondary N) is 1. The van der Waals surface area contributed by atoms with Gasteiger partial charge in [-0.05, 0) is 31.5 Å². The number of ether oxygens (including phenoxy) is 1. The molecule has 1 aliphatic rings. The molecule has 1 saturated heterocycles. The molecule has 0 aliphatic carbocycles. The number of aliphatic hydroxyl groups is 1. The summed E-state index contributed by atoms with van der Waals surface area (Å²) in [7, 11) is 0. The lowest BCUT2D eigenvalue weighted by Gasteiger charge is -2.37. The molecule has 2 rings (SSSR count). The third-order valence-corrected chi connectivity index (χ3v) is 3.80. The van der Waals surface area contributed by atoms with Gasteiger partial charge in [0, 0.05) is 10.7 Å². The Morgan fingerprint density at radius 3 is 3.00 bits per heavy atom. The zero-order valence-electron chi connectivity index (χ0n) is 11.6. The summed E-state index contributed by atoms with van der Waals surface area (Å²) in [6.07, 6.45) is -0.321. The van der Waals surface area contributed by atoms with Gasteiger partial charge in [0.25, 0.3) is 0 Å². The lowest BCUT2D eigenvalue weighted by molar-refractivity contribution is -0.0611. The van der Waals surface area contributed by atoms with Crippen LogP contribution in [0.3, 0.4) is 0 Å². The molecular formula is C14H19ClN2O3. The van der Waals surface area contributed by atoms with Crippen molar-refractivity contribution in [2.75, 3.05) is 25.1 Å². The summed E-state index contributed by atoms with van der Waals surface area (Å²) < 4.78 is 5.41. The van der Waals surface area contributed by atoms with Crippen molar-refractivity contribution in [2.45, 2.75) is 26.0 Å². The van der Waals surface area contributed by atoms with Crippen LogP contribution in [0.1, 0.15) is 12.5 Å². The number of morpholine rings is 1. The molecule has 0 bridgehead atoms. The number of halogens is 1. The van der Waals surface area contributed by atoms with Crippen molar-refractivity contribution in [3.8, 4) is 0 Å². The first kappa shape index (κ1) is 15.1. The van der Waals surface area contributed by atoms with E-state index in [0.29, 0.717) is 23.9 Å². The summed E-state index contributed by atoms with van der Waals surface area (Å²) >= 11 is 6.04. The number of urea groups is 1. The fraction of sp³-hybridized carbons (Fsp3) is 0.500. The normalized spacial score (nSPS) is 22.7. The third-order valence-electron chi connectivity index (χ3n) is 3.39. The van der Waals surface area contributed by atoms with E-state index in [2.05, 4.69) is 5.32 Å². The molecular weight excluding hydrogens is 280 g/mol. The minimum absolute atomic E-state index is 0.0290. The number of aliphatic hydroxyl groups excluding tert-OH is 1. The van der Waals surface area contributed by atoms with Crippen molar-refractivity contribution in [2.24, 2.45) is 0 Å². The van der Waals surface area contributed by atoms with E-state index in [-0.39, 0.29) is 24.8 Å². The molecule has 110 valence electrons. The van der Waals surface area contributed by atoms with E-state index in [9.17, 15) is 4.79 Å². The molecule has 2 unspecified atom stereocenters. The monoisotopic (exact) mass is 298 g/mol. The molecule has 1 heterocycles. The maximum absolute atomic E-state index is 12.3. The zero-order chi connectivity index (χ0) is 14.7. The Balaban J connectivity index is 2.04. The average molecular weight is 299 g/mol. The van der Waals surface area contributed by atoms with E-state index in [4.69, 9.17) is 21.4 Å². The fourth-order valence-electron chi connectivity index (χ4n) is 2.08. The molecule has 5 nitrogen and oxygen atoms in total. The SMILES string of the molecule is Cc1ccc(NC(=O)N2CC(CO)OCC2C)cc1Cl. The van der Waals surface area contributed by atoms with Gasteiger partial charge in [-0.3, -0.25) is 0 Å². The van der Waals surface area contributed by atoms with Crippen molar-refractivity contribution in [3.05, 3.63) is 28.8 Å². The summed E-state index contributed by atoms with van der Waals surface area (Å²) in [6.45, 7) is 4.53. The second kappa shape index (κ2) is 6.43. The van der Waals surface area contributed by atoms with Crippen LogP contribution in [-0.2, 0) is 4.74 Å². The van der Waals surface area contributed by atoms with Gasteiger partial charge >= 0.3 is 6.03 Å². The number of rotatable bonds is 2. The highest BCUT2D eigenvalue weighted by Gasteiger charge is 2.29. The highest BCUT2D eigenvalue weighted by atomic mass is 35.5. The smallest absolute Gasteiger partial charge is 0.322 e. The van der Waals surface area contributed by atoms with E-state index >= 15 is 0 Å². The second-order valence-electron chi connectivity index (χ2n) is 5.03. The number of anilines is 1. The summed E-state index contributed by atoms with van der Waals surface area (Å²) in [6, 6.07) is 5.16. The van der Waals surface area contributed by atoms with Gasteiger partial charge in [-0.25, -0.2) is 4.79 Å². The average Bonchev–Trinajstić information content (AvgIpc) is 2.43. The number of hydrogen-bond acceptors (Lipinski definition) is 3. The van der Waals surface area contributed by atoms with Gasteiger partial charge in [-0.2, -0.15) is 0 Å². The Hall–Kier alpha value is -1.30. The predicted octanol–water partition coefficient (Wildman–Crippen LogP) is 2.26. The number of benzene rings is 1. The molecule has 1 fully saturated rings. The minimum Gasteiger partial charge on any atom is -0.394 e. The maximum atomic E-state index is 12.3. The molecule has 1 aliphatic heterocycles. The van der Waals surface area contributed by atoms with Crippen molar-refractivity contribution < 1.29 is 14.6 Å². The zero-order valence-corrected chi connectivity index (χ0v) is 12.4. The number of carbonyl (C=O) groups excluding carboxylic acids is 1. The van der Waals surface area contributed by atoms with Crippen LogP contribution in [0.15, 0.2) is 18.2 Å². The van der Waals surface area contributed by atoms with Crippen LogP contribution in [0, 0.1) is 6.92 Å². The summed E-state index contributed by atoms with van der Waals surface area (Å²) in [5, 5.41) is 12.6. The van der Waals surface area contributed by atoms with Crippen LogP contribution in [0.4, 0.5) is 10.5 Å². The molecule has 1 aromatic rings. The van der Waals surface area contributed by atoms with Crippen molar-refractivity contribution in [3.63, 3.8) is 0 Å². The highest BCUT2D eigenvalue weighted by molar-refractivity contribution is 6.31. The Morgan fingerprint density at radius 2 is 2.35 bits per heavy atom. The number of aryl methyl sites for hydroxylation is 1. The molecule has 2 atom stereocenters. The highest BCUT2D eigenvalue weighted by Crippen LogP contribution is 2.21. The Kier molecular flexibility index (Phi) is 4.86. The fourth-order valence-corrected chi connectivity index (χ4v) is 2.26. The quantitative estimate of drug-likeness (QED) is 0.880. The predicted molar refractivity (Wildman–Crippen MR) is 78.2 cm³/mol. The van der Waals surface area contributed by atoms with Gasteiger partial charge in [0.1, 0.15) is 0 Å². The topological polar surface area (TPSA) is 61.8 Å². The molecule has 2 N–H and O–H groups in total. The molecule has 6 heteroatoms. The van der Waals surface area contributed by atoms with Crippen LogP contribution in [-0.4, -0.2) is 47.9 Å². The van der Waals surface area contributed by atoms with Gasteiger partial charge in [0.15, 0.2) is 0 Å². The number of amides is 2. The molecule has 1 aromatic carbocycles. The van der Waals surface area contributed by atoms with Crippen molar-refractivity contribution in [1.29, 1.82) is 0 Å². The summed E-state index contributed by atoms with van der Waals surface area (Å²) in [4.78, 5) is 13.9. The summed E-state index contributed by atoms with van der Waals surface area (Å²) in [5.74, 6) is 0. The van der Waals surface area contributed by atoms with Crippen LogP contribution in [0.25, 0.3) is 0 Å². The van der Waals surface area contributed by atoms with Crippen molar-refractivity contribution in [1.82, 2.24) is 4.90 Å². The van der Waals surface area contributed by atoms with Gasteiger partial charge in [0.05, 0.1) is 31.9 Å². The van der Waals surface area contributed by atoms with Crippen LogP contribution >= 0.6 is 11.6 Å². The summed E-state index contributed by atoms with van der Waals surface area (Å²) in [5.41, 5.74) is 1.62. The number of nitrogens with zero attached hydrogens (tertiary/aromatic N) is 1. The van der Waals surface area contributed by atoms with Gasteiger partial charge < -0.3 is 20.1 Å². The standard InChI is InChI=1S/C14H19ClN2O3/c1-9-3-4-11(5-13(9)15)16-14(19)17-6-12(7-18)20-8-10(17)2/h3-5,10,12,18H,6-8H2,1-2H3,(H,16,19). The molecule has 0 saturated carbocycles. The first-order valence-corrected chi connectivity index (χ1v) is 6.95. The molecule has 0 radical (unpaired) electrons. The lowest BCUT2D eigenvalue weighted by atomic mass is 10.2.